The molecule has 0 radical (unpaired) electrons. The first-order chi connectivity index (χ1) is 7.16. The van der Waals surface area contributed by atoms with Crippen molar-refractivity contribution in [3.63, 3.8) is 0 Å². The second kappa shape index (κ2) is 3.92. The van der Waals surface area contributed by atoms with E-state index in [1.165, 1.54) is 16.7 Å². The Kier molecular flexibility index (Phi) is 2.76. The quantitative estimate of drug-likeness (QED) is 0.733. The van der Waals surface area contributed by atoms with Gasteiger partial charge >= 0.3 is 0 Å². The number of H-pyrrole nitrogens is 1. The van der Waals surface area contributed by atoms with Gasteiger partial charge in [-0.1, -0.05) is 0 Å². The van der Waals surface area contributed by atoms with E-state index in [1.54, 1.807) is 0 Å². The van der Waals surface area contributed by atoms with Crippen molar-refractivity contribution in [2.45, 2.75) is 23.8 Å². The number of aromatic nitrogens is 2. The molecule has 7 heteroatoms. The fourth-order valence-corrected chi connectivity index (χ4v) is 3.49. The standard InChI is InChI=1S/C8H14N4O2S/c9-4-7-2-1-3-12(7)15(13,14)8-5-10-11-6-8/h5-7H,1-4,9H2,(H,10,11). The van der Waals surface area contributed by atoms with Crippen molar-refractivity contribution in [2.75, 3.05) is 13.1 Å². The molecule has 15 heavy (non-hydrogen) atoms. The molecule has 1 aliphatic rings. The van der Waals surface area contributed by atoms with E-state index in [1.807, 2.05) is 0 Å². The van der Waals surface area contributed by atoms with Gasteiger partial charge in [-0.2, -0.15) is 9.40 Å². The molecule has 0 amide bonds. The lowest BCUT2D eigenvalue weighted by atomic mass is 10.2. The Morgan fingerprint density at radius 3 is 3.07 bits per heavy atom. The van der Waals surface area contributed by atoms with Crippen molar-refractivity contribution in [3.05, 3.63) is 12.4 Å². The van der Waals surface area contributed by atoms with Gasteiger partial charge in [0.2, 0.25) is 10.0 Å². The normalized spacial score (nSPS) is 23.4. The molecule has 0 aromatic carbocycles. The summed E-state index contributed by atoms with van der Waals surface area (Å²) in [6.07, 6.45) is 4.43. The molecule has 3 N–H and O–H groups in total. The first kappa shape index (κ1) is 10.6. The molecular formula is C8H14N4O2S. The molecule has 84 valence electrons. The summed E-state index contributed by atoms with van der Waals surface area (Å²) in [6.45, 7) is 0.923. The van der Waals surface area contributed by atoms with Crippen LogP contribution in [0.3, 0.4) is 0 Å². The zero-order valence-electron chi connectivity index (χ0n) is 8.26. The van der Waals surface area contributed by atoms with Crippen molar-refractivity contribution in [3.8, 4) is 0 Å². The number of nitrogens with one attached hydrogen (secondary N) is 1. The lowest BCUT2D eigenvalue weighted by Gasteiger charge is -2.21. The van der Waals surface area contributed by atoms with Gasteiger partial charge in [0.15, 0.2) is 0 Å². The average Bonchev–Trinajstić information content (AvgIpc) is 2.89. The van der Waals surface area contributed by atoms with Crippen LogP contribution in [-0.4, -0.2) is 42.1 Å². The van der Waals surface area contributed by atoms with E-state index in [2.05, 4.69) is 10.2 Å². The predicted molar refractivity (Wildman–Crippen MR) is 54.6 cm³/mol. The van der Waals surface area contributed by atoms with Gasteiger partial charge in [0.1, 0.15) is 4.90 Å². The molecule has 0 saturated carbocycles. The number of aromatic amines is 1. The molecule has 1 atom stereocenters. The number of hydrogen-bond acceptors (Lipinski definition) is 4. The van der Waals surface area contributed by atoms with Crippen LogP contribution in [0.2, 0.25) is 0 Å². The number of sulfonamides is 1. The summed E-state index contributed by atoms with van der Waals surface area (Å²) in [7, 11) is -3.40. The van der Waals surface area contributed by atoms with E-state index in [0.717, 1.165) is 12.8 Å². The van der Waals surface area contributed by atoms with Crippen molar-refractivity contribution in [1.29, 1.82) is 0 Å². The number of rotatable bonds is 3. The summed E-state index contributed by atoms with van der Waals surface area (Å²) in [4.78, 5) is 0.211. The lowest BCUT2D eigenvalue weighted by Crippen LogP contribution is -2.39. The molecule has 2 heterocycles. The van der Waals surface area contributed by atoms with E-state index in [4.69, 9.17) is 5.73 Å². The molecule has 1 fully saturated rings. The van der Waals surface area contributed by atoms with E-state index >= 15 is 0 Å². The van der Waals surface area contributed by atoms with Crippen LogP contribution in [0.5, 0.6) is 0 Å². The minimum atomic E-state index is -3.40. The van der Waals surface area contributed by atoms with Gasteiger partial charge < -0.3 is 5.73 Å². The molecule has 2 rings (SSSR count). The Morgan fingerprint density at radius 2 is 2.47 bits per heavy atom. The third-order valence-electron chi connectivity index (χ3n) is 2.67. The second-order valence-corrected chi connectivity index (χ2v) is 5.47. The van der Waals surface area contributed by atoms with E-state index < -0.39 is 10.0 Å². The third-order valence-corrected chi connectivity index (χ3v) is 4.59. The highest BCUT2D eigenvalue weighted by Crippen LogP contribution is 2.24. The van der Waals surface area contributed by atoms with Crippen LogP contribution < -0.4 is 5.73 Å². The molecule has 6 nitrogen and oxygen atoms in total. The maximum absolute atomic E-state index is 12.1. The maximum atomic E-state index is 12.1. The van der Waals surface area contributed by atoms with Gasteiger partial charge in [0.25, 0.3) is 0 Å². The van der Waals surface area contributed by atoms with Crippen LogP contribution in [0.25, 0.3) is 0 Å². The van der Waals surface area contributed by atoms with Gasteiger partial charge in [-0.3, -0.25) is 5.10 Å². The van der Waals surface area contributed by atoms with Crippen LogP contribution in [0.1, 0.15) is 12.8 Å². The van der Waals surface area contributed by atoms with Gasteiger partial charge in [-0.05, 0) is 12.8 Å². The van der Waals surface area contributed by atoms with Gasteiger partial charge in [0.05, 0.1) is 6.20 Å². The summed E-state index contributed by atoms with van der Waals surface area (Å²) in [5.41, 5.74) is 5.54. The van der Waals surface area contributed by atoms with Crippen LogP contribution in [0.4, 0.5) is 0 Å². The maximum Gasteiger partial charge on any atom is 0.246 e. The van der Waals surface area contributed by atoms with Crippen molar-refractivity contribution < 1.29 is 8.42 Å². The van der Waals surface area contributed by atoms with Gasteiger partial charge in [0, 0.05) is 25.3 Å². The van der Waals surface area contributed by atoms with Crippen molar-refractivity contribution in [2.24, 2.45) is 5.73 Å². The van der Waals surface area contributed by atoms with E-state index in [0.29, 0.717) is 13.1 Å². The zero-order chi connectivity index (χ0) is 10.9. The summed E-state index contributed by atoms with van der Waals surface area (Å²) < 4.78 is 25.6. The fraction of sp³-hybridized carbons (Fsp3) is 0.625. The Bertz CT molecular complexity index is 414. The minimum Gasteiger partial charge on any atom is -0.329 e. The Balaban J connectivity index is 2.30. The van der Waals surface area contributed by atoms with Crippen molar-refractivity contribution >= 4 is 10.0 Å². The van der Waals surface area contributed by atoms with Gasteiger partial charge in [-0.25, -0.2) is 8.42 Å². The highest BCUT2D eigenvalue weighted by Gasteiger charge is 2.34. The third kappa shape index (κ3) is 1.77. The van der Waals surface area contributed by atoms with Crippen molar-refractivity contribution in [1.82, 2.24) is 14.5 Å². The molecule has 1 saturated heterocycles. The average molecular weight is 230 g/mol. The van der Waals surface area contributed by atoms with Crippen LogP contribution in [-0.2, 0) is 10.0 Å². The minimum absolute atomic E-state index is 0.0649. The lowest BCUT2D eigenvalue weighted by molar-refractivity contribution is 0.393. The summed E-state index contributed by atoms with van der Waals surface area (Å²) in [5.74, 6) is 0. The largest absolute Gasteiger partial charge is 0.329 e. The molecule has 1 aromatic heterocycles. The monoisotopic (exact) mass is 230 g/mol. The molecule has 0 spiro atoms. The topological polar surface area (TPSA) is 92.1 Å². The second-order valence-electron chi connectivity index (χ2n) is 3.58. The highest BCUT2D eigenvalue weighted by atomic mass is 32.2. The zero-order valence-corrected chi connectivity index (χ0v) is 9.07. The molecular weight excluding hydrogens is 216 g/mol. The highest BCUT2D eigenvalue weighted by molar-refractivity contribution is 7.89. The molecule has 1 aliphatic heterocycles. The van der Waals surface area contributed by atoms with Gasteiger partial charge in [-0.15, -0.1) is 0 Å². The van der Waals surface area contributed by atoms with Crippen LogP contribution in [0, 0.1) is 0 Å². The predicted octanol–water partition coefficient (Wildman–Crippen LogP) is -0.479. The first-order valence-electron chi connectivity index (χ1n) is 4.87. The van der Waals surface area contributed by atoms with Crippen LogP contribution >= 0.6 is 0 Å². The summed E-state index contributed by atoms with van der Waals surface area (Å²) >= 11 is 0. The number of nitrogens with zero attached hydrogens (tertiary/aromatic N) is 2. The Morgan fingerprint density at radius 1 is 1.67 bits per heavy atom. The SMILES string of the molecule is NCC1CCCN1S(=O)(=O)c1cn[nH]c1. The summed E-state index contributed by atoms with van der Waals surface area (Å²) in [6, 6.07) is -0.0649. The molecule has 1 unspecified atom stereocenters. The Labute approximate surface area is 88.5 Å². The first-order valence-corrected chi connectivity index (χ1v) is 6.31. The smallest absolute Gasteiger partial charge is 0.246 e. The molecule has 0 aliphatic carbocycles. The van der Waals surface area contributed by atoms with Crippen LogP contribution in [0.15, 0.2) is 17.3 Å². The van der Waals surface area contributed by atoms with E-state index in [9.17, 15) is 8.42 Å². The fourth-order valence-electron chi connectivity index (χ4n) is 1.88. The Hall–Kier alpha value is -0.920. The summed E-state index contributed by atoms with van der Waals surface area (Å²) in [5, 5.41) is 6.15. The molecule has 0 bridgehead atoms. The van der Waals surface area contributed by atoms with E-state index in [-0.39, 0.29) is 10.9 Å². The number of hydrogen-bond donors (Lipinski definition) is 2. The number of nitrogens with two attached hydrogens (primary N) is 1. The molecule has 1 aromatic rings.